The van der Waals surface area contributed by atoms with E-state index in [2.05, 4.69) is 4.74 Å². The van der Waals surface area contributed by atoms with E-state index >= 15 is 0 Å². The maximum atomic E-state index is 11.8. The van der Waals surface area contributed by atoms with Crippen LogP contribution in [0.5, 0.6) is 0 Å². The summed E-state index contributed by atoms with van der Waals surface area (Å²) in [7, 11) is 0. The summed E-state index contributed by atoms with van der Waals surface area (Å²) < 4.78 is 9.63. The normalized spacial score (nSPS) is 12.3. The van der Waals surface area contributed by atoms with Crippen LogP contribution in [0.1, 0.15) is 34.1 Å². The fourth-order valence-corrected chi connectivity index (χ4v) is 1.67. The fourth-order valence-electron chi connectivity index (χ4n) is 1.67. The van der Waals surface area contributed by atoms with Crippen molar-refractivity contribution in [1.82, 2.24) is 4.90 Å². The van der Waals surface area contributed by atoms with Crippen molar-refractivity contribution in [3.63, 3.8) is 0 Å². The highest BCUT2D eigenvalue weighted by Crippen LogP contribution is 2.06. The zero-order valence-corrected chi connectivity index (χ0v) is 11.2. The second-order valence-corrected chi connectivity index (χ2v) is 3.56. The van der Waals surface area contributed by atoms with Crippen molar-refractivity contribution >= 4 is 11.9 Å². The molecule has 0 spiro atoms. The van der Waals surface area contributed by atoms with Gasteiger partial charge >= 0.3 is 11.9 Å². The van der Waals surface area contributed by atoms with Crippen molar-refractivity contribution in [3.8, 4) is 0 Å². The van der Waals surface area contributed by atoms with Gasteiger partial charge in [0, 0.05) is 0 Å². The van der Waals surface area contributed by atoms with Gasteiger partial charge in [-0.2, -0.15) is 0 Å². The molecule has 0 unspecified atom stereocenters. The number of hydrogen-bond donors (Lipinski definition) is 0. The van der Waals surface area contributed by atoms with Crippen LogP contribution in [0.25, 0.3) is 0 Å². The molecular weight excluding hydrogens is 222 g/mol. The Bertz CT molecular complexity index is 239. The Morgan fingerprint density at radius 1 is 1.06 bits per heavy atom. The minimum Gasteiger partial charge on any atom is -0.463 e. The zero-order valence-electron chi connectivity index (χ0n) is 11.2. The van der Waals surface area contributed by atoms with Gasteiger partial charge in [-0.15, -0.1) is 0 Å². The number of rotatable bonds is 8. The van der Waals surface area contributed by atoms with Crippen molar-refractivity contribution in [1.29, 1.82) is 0 Å². The Morgan fingerprint density at radius 2 is 1.65 bits per heavy atom. The Hall–Kier alpha value is -1.10. The largest absolute Gasteiger partial charge is 0.463 e. The highest BCUT2D eigenvalue weighted by Gasteiger charge is 2.24. The third-order valence-corrected chi connectivity index (χ3v) is 2.55. The third-order valence-electron chi connectivity index (χ3n) is 2.55. The molecule has 0 aliphatic carbocycles. The molecule has 5 nitrogen and oxygen atoms in total. The lowest BCUT2D eigenvalue weighted by Gasteiger charge is -2.26. The Kier molecular flexibility index (Phi) is 8.40. The van der Waals surface area contributed by atoms with Crippen LogP contribution in [0.3, 0.4) is 0 Å². The SMILES string of the molecule is CCOC(=O)COC(=O)[C@H](CC)N(CC)CC. The summed E-state index contributed by atoms with van der Waals surface area (Å²) in [5, 5.41) is 0. The Morgan fingerprint density at radius 3 is 2.06 bits per heavy atom. The summed E-state index contributed by atoms with van der Waals surface area (Å²) in [5.41, 5.74) is 0. The predicted molar refractivity (Wildman–Crippen MR) is 64.6 cm³/mol. The lowest BCUT2D eigenvalue weighted by atomic mass is 10.2. The van der Waals surface area contributed by atoms with E-state index in [0.29, 0.717) is 13.0 Å². The van der Waals surface area contributed by atoms with Gasteiger partial charge in [-0.05, 0) is 26.4 Å². The van der Waals surface area contributed by atoms with Gasteiger partial charge in [-0.3, -0.25) is 9.69 Å². The molecule has 0 bridgehead atoms. The molecule has 0 amide bonds. The molecule has 0 saturated carbocycles. The van der Waals surface area contributed by atoms with Gasteiger partial charge < -0.3 is 9.47 Å². The van der Waals surface area contributed by atoms with Crippen LogP contribution in [-0.4, -0.2) is 49.2 Å². The first-order chi connectivity index (χ1) is 8.10. The molecule has 0 heterocycles. The van der Waals surface area contributed by atoms with Crippen molar-refractivity contribution in [2.45, 2.75) is 40.2 Å². The monoisotopic (exact) mass is 245 g/mol. The maximum Gasteiger partial charge on any atom is 0.344 e. The summed E-state index contributed by atoms with van der Waals surface area (Å²) in [4.78, 5) is 24.8. The Balaban J connectivity index is 4.21. The molecule has 17 heavy (non-hydrogen) atoms. The van der Waals surface area contributed by atoms with Gasteiger partial charge in [-0.1, -0.05) is 20.8 Å². The fraction of sp³-hybridized carbons (Fsp3) is 0.833. The van der Waals surface area contributed by atoms with E-state index in [9.17, 15) is 9.59 Å². The van der Waals surface area contributed by atoms with Gasteiger partial charge in [-0.25, -0.2) is 4.79 Å². The van der Waals surface area contributed by atoms with Gasteiger partial charge in [0.2, 0.25) is 0 Å². The lowest BCUT2D eigenvalue weighted by molar-refractivity contribution is -0.161. The average Bonchev–Trinajstić information content (AvgIpc) is 2.33. The molecule has 0 aromatic heterocycles. The van der Waals surface area contributed by atoms with Crippen molar-refractivity contribution in [2.24, 2.45) is 0 Å². The summed E-state index contributed by atoms with van der Waals surface area (Å²) >= 11 is 0. The second-order valence-electron chi connectivity index (χ2n) is 3.56. The number of likely N-dealkylation sites (N-methyl/N-ethyl adjacent to an activating group) is 1. The predicted octanol–water partition coefficient (Wildman–Crippen LogP) is 1.21. The smallest absolute Gasteiger partial charge is 0.344 e. The van der Waals surface area contributed by atoms with E-state index in [-0.39, 0.29) is 18.6 Å². The summed E-state index contributed by atoms with van der Waals surface area (Å²) in [6.07, 6.45) is 0.670. The van der Waals surface area contributed by atoms with Crippen LogP contribution in [0, 0.1) is 0 Å². The van der Waals surface area contributed by atoms with E-state index in [1.165, 1.54) is 0 Å². The molecule has 1 atom stereocenters. The number of esters is 2. The van der Waals surface area contributed by atoms with Gasteiger partial charge in [0.25, 0.3) is 0 Å². The highest BCUT2D eigenvalue weighted by molar-refractivity contribution is 5.79. The molecule has 0 radical (unpaired) electrons. The molecular formula is C12H23NO4. The molecule has 0 saturated heterocycles. The molecule has 5 heteroatoms. The molecule has 0 aliphatic heterocycles. The van der Waals surface area contributed by atoms with E-state index in [0.717, 1.165) is 13.1 Å². The second kappa shape index (κ2) is 8.98. The van der Waals surface area contributed by atoms with Crippen LogP contribution >= 0.6 is 0 Å². The molecule has 100 valence electrons. The van der Waals surface area contributed by atoms with Gasteiger partial charge in [0.05, 0.1) is 6.61 Å². The van der Waals surface area contributed by atoms with Crippen molar-refractivity contribution < 1.29 is 19.1 Å². The minimum atomic E-state index is -0.504. The van der Waals surface area contributed by atoms with Crippen molar-refractivity contribution in [2.75, 3.05) is 26.3 Å². The Labute approximate surface area is 103 Å². The first kappa shape index (κ1) is 15.9. The summed E-state index contributed by atoms with van der Waals surface area (Å²) in [6, 6.07) is -0.278. The number of carbonyl (C=O) groups excluding carboxylic acids is 2. The van der Waals surface area contributed by atoms with Crippen LogP contribution in [-0.2, 0) is 19.1 Å². The minimum absolute atomic E-state index is 0.278. The number of nitrogens with zero attached hydrogens (tertiary/aromatic N) is 1. The molecule has 0 aromatic rings. The maximum absolute atomic E-state index is 11.8. The van der Waals surface area contributed by atoms with E-state index < -0.39 is 5.97 Å². The number of ether oxygens (including phenoxy) is 2. The molecule has 0 N–H and O–H groups in total. The van der Waals surface area contributed by atoms with Crippen LogP contribution in [0.4, 0.5) is 0 Å². The van der Waals surface area contributed by atoms with E-state index in [1.807, 2.05) is 25.7 Å². The molecule has 0 fully saturated rings. The highest BCUT2D eigenvalue weighted by atomic mass is 16.6. The van der Waals surface area contributed by atoms with Crippen molar-refractivity contribution in [3.05, 3.63) is 0 Å². The van der Waals surface area contributed by atoms with Crippen LogP contribution in [0.2, 0.25) is 0 Å². The molecule has 0 rings (SSSR count). The van der Waals surface area contributed by atoms with E-state index in [4.69, 9.17) is 4.74 Å². The van der Waals surface area contributed by atoms with Gasteiger partial charge in [0.1, 0.15) is 6.04 Å². The quantitative estimate of drug-likeness (QED) is 0.602. The van der Waals surface area contributed by atoms with Crippen LogP contribution < -0.4 is 0 Å². The van der Waals surface area contributed by atoms with Gasteiger partial charge in [0.15, 0.2) is 6.61 Å². The van der Waals surface area contributed by atoms with Crippen LogP contribution in [0.15, 0.2) is 0 Å². The number of hydrogen-bond acceptors (Lipinski definition) is 5. The summed E-state index contributed by atoms with van der Waals surface area (Å²) in [6.45, 7) is 9.18. The molecule has 0 aliphatic rings. The topological polar surface area (TPSA) is 55.8 Å². The van der Waals surface area contributed by atoms with E-state index in [1.54, 1.807) is 6.92 Å². The molecule has 0 aromatic carbocycles. The average molecular weight is 245 g/mol. The standard InChI is InChI=1S/C12H23NO4/c1-5-10(13(6-2)7-3)12(15)17-9-11(14)16-8-4/h10H,5-9H2,1-4H3/t10-/m0/s1. The lowest BCUT2D eigenvalue weighted by Crippen LogP contribution is -2.42. The summed E-state index contributed by atoms with van der Waals surface area (Å²) in [5.74, 6) is -0.862. The first-order valence-corrected chi connectivity index (χ1v) is 6.16. The third kappa shape index (κ3) is 5.68. The number of carbonyl (C=O) groups is 2. The zero-order chi connectivity index (χ0) is 13.3. The first-order valence-electron chi connectivity index (χ1n) is 6.16.